The largest absolute Gasteiger partial charge is 0.462 e. The fourth-order valence-electron chi connectivity index (χ4n) is 1.66. The predicted molar refractivity (Wildman–Crippen MR) is 90.0 cm³/mol. The van der Waals surface area contributed by atoms with Crippen LogP contribution in [0, 0.1) is 11.7 Å². The lowest BCUT2D eigenvalue weighted by molar-refractivity contribution is -0.147. The van der Waals surface area contributed by atoms with E-state index in [9.17, 15) is 14.0 Å². The first-order valence-electron chi connectivity index (χ1n) is 6.69. The molecule has 22 heavy (non-hydrogen) atoms. The number of benzene rings is 1. The minimum Gasteiger partial charge on any atom is -0.462 e. The Morgan fingerprint density at radius 3 is 2.32 bits per heavy atom. The number of rotatable bonds is 6. The lowest BCUT2D eigenvalue weighted by Crippen LogP contribution is -2.27. The van der Waals surface area contributed by atoms with Gasteiger partial charge in [-0.25, -0.2) is 4.39 Å². The highest BCUT2D eigenvalue weighted by Crippen LogP contribution is 2.36. The zero-order valence-electron chi connectivity index (χ0n) is 12.7. The van der Waals surface area contributed by atoms with Gasteiger partial charge in [0.05, 0.1) is 11.7 Å². The molecule has 1 aromatic rings. The van der Waals surface area contributed by atoms with Gasteiger partial charge in [-0.2, -0.15) is 0 Å². The number of halogens is 3. The van der Waals surface area contributed by atoms with E-state index in [0.29, 0.717) is 9.37 Å². The van der Waals surface area contributed by atoms with Crippen molar-refractivity contribution >= 4 is 50.5 Å². The van der Waals surface area contributed by atoms with Crippen LogP contribution in [0.15, 0.2) is 21.5 Å². The van der Waals surface area contributed by atoms with Gasteiger partial charge in [0.25, 0.3) is 5.24 Å². The van der Waals surface area contributed by atoms with E-state index in [1.807, 2.05) is 13.8 Å². The maximum Gasteiger partial charge on any atom is 0.319 e. The molecule has 0 bridgehead atoms. The molecule has 122 valence electrons. The van der Waals surface area contributed by atoms with Gasteiger partial charge >= 0.3 is 5.97 Å². The molecule has 0 saturated carbocycles. The molecule has 0 fully saturated rings. The summed E-state index contributed by atoms with van der Waals surface area (Å²) < 4.78 is 19.4. The number of ether oxygens (including phenoxy) is 1. The molecule has 0 N–H and O–H groups in total. The van der Waals surface area contributed by atoms with Crippen LogP contribution in [0.4, 0.5) is 4.39 Å². The third-order valence-corrected chi connectivity index (χ3v) is 5.38. The Balaban J connectivity index is 3.11. The number of esters is 1. The Kier molecular flexibility index (Phi) is 7.35. The standard InChI is InChI=1S/C15H17BrClFO3S/c1-7(2)13(15(20)21-8(3)4)22-12-5-9(14(17)19)11(18)6-10(12)16/h5-8,13H,1-4H3. The Morgan fingerprint density at radius 1 is 1.27 bits per heavy atom. The van der Waals surface area contributed by atoms with E-state index in [-0.39, 0.29) is 23.6 Å². The highest BCUT2D eigenvalue weighted by atomic mass is 79.9. The quantitative estimate of drug-likeness (QED) is 0.374. The van der Waals surface area contributed by atoms with Crippen molar-refractivity contribution in [1.29, 1.82) is 0 Å². The van der Waals surface area contributed by atoms with Crippen LogP contribution < -0.4 is 0 Å². The molecule has 0 aliphatic rings. The van der Waals surface area contributed by atoms with Crippen LogP contribution in [0.3, 0.4) is 0 Å². The molecule has 0 aliphatic carbocycles. The van der Waals surface area contributed by atoms with Crippen LogP contribution >= 0.6 is 39.3 Å². The Bertz CT molecular complexity index is 578. The minimum atomic E-state index is -0.877. The van der Waals surface area contributed by atoms with Crippen molar-refractivity contribution < 1.29 is 18.7 Å². The Morgan fingerprint density at radius 2 is 1.86 bits per heavy atom. The van der Waals surface area contributed by atoms with Gasteiger partial charge in [-0.3, -0.25) is 9.59 Å². The van der Waals surface area contributed by atoms with E-state index in [1.54, 1.807) is 13.8 Å². The fourth-order valence-corrected chi connectivity index (χ4v) is 3.46. The maximum absolute atomic E-state index is 13.7. The van der Waals surface area contributed by atoms with Gasteiger partial charge in [-0.05, 0) is 59.4 Å². The van der Waals surface area contributed by atoms with Crippen LogP contribution in [-0.4, -0.2) is 22.6 Å². The van der Waals surface area contributed by atoms with E-state index in [1.165, 1.54) is 23.9 Å². The first kappa shape index (κ1) is 19.5. The zero-order chi connectivity index (χ0) is 17.0. The summed E-state index contributed by atoms with van der Waals surface area (Å²) in [5, 5.41) is -1.35. The molecule has 0 spiro atoms. The molecule has 0 aliphatic heterocycles. The third-order valence-electron chi connectivity index (χ3n) is 2.68. The lowest BCUT2D eigenvalue weighted by Gasteiger charge is -2.21. The van der Waals surface area contributed by atoms with Crippen molar-refractivity contribution in [3.63, 3.8) is 0 Å². The number of hydrogen-bond acceptors (Lipinski definition) is 4. The summed E-state index contributed by atoms with van der Waals surface area (Å²) in [4.78, 5) is 24.0. The number of carbonyl (C=O) groups excluding carboxylic acids is 2. The molecule has 0 saturated heterocycles. The smallest absolute Gasteiger partial charge is 0.319 e. The van der Waals surface area contributed by atoms with Gasteiger partial charge in [0.15, 0.2) is 0 Å². The summed E-state index contributed by atoms with van der Waals surface area (Å²) in [7, 11) is 0. The molecule has 1 unspecified atom stereocenters. The number of hydrogen-bond donors (Lipinski definition) is 0. The molecule has 0 aromatic heterocycles. The van der Waals surface area contributed by atoms with Crippen molar-refractivity contribution in [2.75, 3.05) is 0 Å². The number of carbonyl (C=O) groups is 2. The van der Waals surface area contributed by atoms with Crippen LogP contribution in [0.5, 0.6) is 0 Å². The summed E-state index contributed by atoms with van der Waals surface area (Å²) in [6.45, 7) is 7.34. The Hall–Kier alpha value is -0.590. The monoisotopic (exact) mass is 410 g/mol. The Labute approximate surface area is 147 Å². The molecule has 1 atom stereocenters. The highest BCUT2D eigenvalue weighted by Gasteiger charge is 2.27. The van der Waals surface area contributed by atoms with E-state index >= 15 is 0 Å². The van der Waals surface area contributed by atoms with Crippen LogP contribution in [-0.2, 0) is 9.53 Å². The maximum atomic E-state index is 13.7. The molecule has 3 nitrogen and oxygen atoms in total. The first-order chi connectivity index (χ1) is 10.1. The van der Waals surface area contributed by atoms with Crippen molar-refractivity contribution in [3.8, 4) is 0 Å². The van der Waals surface area contributed by atoms with Crippen LogP contribution in [0.2, 0.25) is 0 Å². The summed E-state index contributed by atoms with van der Waals surface area (Å²) >= 11 is 9.82. The molecular formula is C15H17BrClFO3S. The van der Waals surface area contributed by atoms with Crippen molar-refractivity contribution in [2.45, 2.75) is 43.9 Å². The van der Waals surface area contributed by atoms with Crippen molar-refractivity contribution in [3.05, 3.63) is 28.0 Å². The highest BCUT2D eigenvalue weighted by molar-refractivity contribution is 9.10. The molecule has 7 heteroatoms. The molecule has 1 aromatic carbocycles. The van der Waals surface area contributed by atoms with Crippen molar-refractivity contribution in [1.82, 2.24) is 0 Å². The number of thioether (sulfide) groups is 1. The topological polar surface area (TPSA) is 43.4 Å². The van der Waals surface area contributed by atoms with Gasteiger partial charge in [-0.1, -0.05) is 13.8 Å². The van der Waals surface area contributed by atoms with E-state index in [2.05, 4.69) is 15.9 Å². The minimum absolute atomic E-state index is 0.00311. The van der Waals surface area contributed by atoms with E-state index < -0.39 is 16.3 Å². The summed E-state index contributed by atoms with van der Waals surface area (Å²) in [6, 6.07) is 2.51. The van der Waals surface area contributed by atoms with Gasteiger partial charge in [0, 0.05) is 9.37 Å². The second kappa shape index (κ2) is 8.31. The van der Waals surface area contributed by atoms with E-state index in [0.717, 1.165) is 0 Å². The van der Waals surface area contributed by atoms with E-state index in [4.69, 9.17) is 16.3 Å². The van der Waals surface area contributed by atoms with Gasteiger partial charge < -0.3 is 4.74 Å². The molecule has 0 amide bonds. The third kappa shape index (κ3) is 5.25. The molecule has 0 radical (unpaired) electrons. The van der Waals surface area contributed by atoms with Gasteiger partial charge in [-0.15, -0.1) is 11.8 Å². The van der Waals surface area contributed by atoms with Crippen LogP contribution in [0.25, 0.3) is 0 Å². The average molecular weight is 412 g/mol. The summed E-state index contributed by atoms with van der Waals surface area (Å²) in [5.74, 6) is -1.05. The molecule has 1 rings (SSSR count). The average Bonchev–Trinajstić information content (AvgIpc) is 2.35. The zero-order valence-corrected chi connectivity index (χ0v) is 15.8. The summed E-state index contributed by atoms with van der Waals surface area (Å²) in [5.41, 5.74) is -0.216. The van der Waals surface area contributed by atoms with Crippen LogP contribution in [0.1, 0.15) is 38.1 Å². The van der Waals surface area contributed by atoms with Gasteiger partial charge in [0.2, 0.25) is 0 Å². The normalized spacial score (nSPS) is 12.6. The predicted octanol–water partition coefficient (Wildman–Crippen LogP) is 5.04. The lowest BCUT2D eigenvalue weighted by atomic mass is 10.1. The SMILES string of the molecule is CC(C)OC(=O)C(Sc1cc(C(=O)Cl)c(F)cc1Br)C(C)C. The summed E-state index contributed by atoms with van der Waals surface area (Å²) in [6.07, 6.45) is -0.217. The first-order valence-corrected chi connectivity index (χ1v) is 8.74. The molecular weight excluding hydrogens is 395 g/mol. The second-order valence-corrected chi connectivity index (χ2v) is 7.69. The van der Waals surface area contributed by atoms with Gasteiger partial charge in [0.1, 0.15) is 11.1 Å². The second-order valence-electron chi connectivity index (χ2n) is 5.30. The fraction of sp³-hybridized carbons (Fsp3) is 0.467. The molecule has 0 heterocycles. The van der Waals surface area contributed by atoms with Crippen molar-refractivity contribution in [2.24, 2.45) is 5.92 Å².